The number of hydrazine groups is 1. The molecule has 5 heteroatoms. The number of nitrogens with one attached hydrogen (secondary N) is 1. The van der Waals surface area contributed by atoms with Gasteiger partial charge in [-0.15, -0.1) is 0 Å². The van der Waals surface area contributed by atoms with Gasteiger partial charge >= 0.3 is 0 Å². The Balaban J connectivity index is 1.43. The van der Waals surface area contributed by atoms with Gasteiger partial charge in [-0.25, -0.2) is 9.40 Å². The highest BCUT2D eigenvalue weighted by Crippen LogP contribution is 2.39. The van der Waals surface area contributed by atoms with Gasteiger partial charge in [0.25, 0.3) is 0 Å². The van der Waals surface area contributed by atoms with E-state index in [2.05, 4.69) is 81.1 Å². The second-order valence-corrected chi connectivity index (χ2v) is 8.29. The Morgan fingerprint density at radius 2 is 1.75 bits per heavy atom. The van der Waals surface area contributed by atoms with Crippen LogP contribution in [0.1, 0.15) is 22.7 Å². The number of benzene rings is 2. The summed E-state index contributed by atoms with van der Waals surface area (Å²) >= 11 is 0. The van der Waals surface area contributed by atoms with Crippen molar-refractivity contribution in [3.05, 3.63) is 120 Å². The zero-order chi connectivity index (χ0) is 21.8. The van der Waals surface area contributed by atoms with E-state index in [1.54, 1.807) is 0 Å². The van der Waals surface area contributed by atoms with E-state index in [9.17, 15) is 4.39 Å². The van der Waals surface area contributed by atoms with Crippen LogP contribution >= 0.6 is 0 Å². The number of hydrogen-bond donors (Lipinski definition) is 1. The van der Waals surface area contributed by atoms with Gasteiger partial charge in [0.15, 0.2) is 0 Å². The summed E-state index contributed by atoms with van der Waals surface area (Å²) in [6, 6.07) is 21.9. The highest BCUT2D eigenvalue weighted by Gasteiger charge is 2.32. The molecule has 32 heavy (non-hydrogen) atoms. The average Bonchev–Trinajstić information content (AvgIpc) is 2.85. The van der Waals surface area contributed by atoms with Crippen LogP contribution in [-0.2, 0) is 6.42 Å². The van der Waals surface area contributed by atoms with Gasteiger partial charge in [0.1, 0.15) is 5.82 Å². The number of aromatic nitrogens is 1. The van der Waals surface area contributed by atoms with Crippen LogP contribution in [0.25, 0.3) is 5.57 Å². The molecule has 2 aromatic carbocycles. The number of pyridine rings is 1. The Morgan fingerprint density at radius 1 is 0.969 bits per heavy atom. The standard InChI is InChI=1S/C27H27FN4/c28-24-10-8-22(9-11-24)26-7-4-17-32(27(26)23-12-14-29-15-13-23)31-18-16-30-25(20-31)19-21-5-2-1-3-6-21/h1-15,17,25,27,30H,16,18-20H2. The van der Waals surface area contributed by atoms with Crippen molar-refractivity contribution in [2.45, 2.75) is 18.5 Å². The van der Waals surface area contributed by atoms with Gasteiger partial charge in [-0.05, 0) is 59.0 Å². The lowest BCUT2D eigenvalue weighted by atomic mass is 9.91. The second-order valence-electron chi connectivity index (χ2n) is 8.29. The van der Waals surface area contributed by atoms with Crippen molar-refractivity contribution in [2.75, 3.05) is 19.6 Å². The molecule has 1 saturated heterocycles. The summed E-state index contributed by atoms with van der Waals surface area (Å²) in [5, 5.41) is 8.45. The van der Waals surface area contributed by atoms with Crippen LogP contribution in [0.3, 0.4) is 0 Å². The quantitative estimate of drug-likeness (QED) is 0.646. The molecule has 2 atom stereocenters. The molecule has 1 fully saturated rings. The zero-order valence-corrected chi connectivity index (χ0v) is 17.9. The first-order chi connectivity index (χ1) is 15.8. The first-order valence-corrected chi connectivity index (χ1v) is 11.1. The Labute approximate surface area is 188 Å². The van der Waals surface area contributed by atoms with Crippen LogP contribution in [0.2, 0.25) is 0 Å². The van der Waals surface area contributed by atoms with Gasteiger partial charge in [0.05, 0.1) is 6.04 Å². The summed E-state index contributed by atoms with van der Waals surface area (Å²) in [7, 11) is 0. The maximum Gasteiger partial charge on any atom is 0.123 e. The summed E-state index contributed by atoms with van der Waals surface area (Å²) in [5.74, 6) is -0.219. The predicted molar refractivity (Wildman–Crippen MR) is 126 cm³/mol. The van der Waals surface area contributed by atoms with Crippen LogP contribution in [0, 0.1) is 5.82 Å². The molecular weight excluding hydrogens is 399 g/mol. The number of nitrogens with zero attached hydrogens (tertiary/aromatic N) is 3. The van der Waals surface area contributed by atoms with E-state index >= 15 is 0 Å². The van der Waals surface area contributed by atoms with Crippen molar-refractivity contribution in [1.82, 2.24) is 20.3 Å². The minimum atomic E-state index is -0.219. The molecule has 0 amide bonds. The van der Waals surface area contributed by atoms with Crippen molar-refractivity contribution < 1.29 is 4.39 Å². The summed E-state index contributed by atoms with van der Waals surface area (Å²) in [5.41, 5.74) is 4.69. The highest BCUT2D eigenvalue weighted by atomic mass is 19.1. The van der Waals surface area contributed by atoms with Crippen molar-refractivity contribution in [3.63, 3.8) is 0 Å². The topological polar surface area (TPSA) is 31.4 Å². The molecule has 1 aromatic heterocycles. The summed E-state index contributed by atoms with van der Waals surface area (Å²) < 4.78 is 13.6. The Kier molecular flexibility index (Phi) is 6.10. The van der Waals surface area contributed by atoms with E-state index in [1.165, 1.54) is 17.7 Å². The fourth-order valence-corrected chi connectivity index (χ4v) is 4.64. The summed E-state index contributed by atoms with van der Waals surface area (Å²) in [6.07, 6.45) is 11.1. The normalized spacial score (nSPS) is 21.4. The first kappa shape index (κ1) is 20.6. The van der Waals surface area contributed by atoms with Crippen molar-refractivity contribution >= 4 is 5.57 Å². The molecule has 3 heterocycles. The molecule has 1 N–H and O–H groups in total. The zero-order valence-electron chi connectivity index (χ0n) is 17.9. The molecule has 5 rings (SSSR count). The van der Waals surface area contributed by atoms with E-state index < -0.39 is 0 Å². The van der Waals surface area contributed by atoms with Crippen LogP contribution < -0.4 is 5.32 Å². The van der Waals surface area contributed by atoms with Gasteiger partial charge in [-0.1, -0.05) is 48.5 Å². The monoisotopic (exact) mass is 426 g/mol. The van der Waals surface area contributed by atoms with Gasteiger partial charge in [-0.3, -0.25) is 4.98 Å². The molecule has 0 bridgehead atoms. The summed E-state index contributed by atoms with van der Waals surface area (Å²) in [4.78, 5) is 4.22. The lowest BCUT2D eigenvalue weighted by Crippen LogP contribution is -2.57. The van der Waals surface area contributed by atoms with Crippen LogP contribution in [0.5, 0.6) is 0 Å². The fraction of sp³-hybridized carbons (Fsp3) is 0.222. The maximum absolute atomic E-state index is 13.6. The van der Waals surface area contributed by atoms with Gasteiger partial charge < -0.3 is 10.3 Å². The van der Waals surface area contributed by atoms with Crippen LogP contribution in [0.4, 0.5) is 4.39 Å². The minimum absolute atomic E-state index is 0.00364. The second kappa shape index (κ2) is 9.47. The predicted octanol–water partition coefficient (Wildman–Crippen LogP) is 4.61. The molecule has 0 aliphatic carbocycles. The molecule has 4 nitrogen and oxygen atoms in total. The summed E-state index contributed by atoms with van der Waals surface area (Å²) in [6.45, 7) is 2.77. The lowest BCUT2D eigenvalue weighted by molar-refractivity contribution is -0.0230. The molecule has 3 aromatic rings. The van der Waals surface area contributed by atoms with Gasteiger partial charge in [0.2, 0.25) is 0 Å². The maximum atomic E-state index is 13.6. The number of halogens is 1. The number of piperazine rings is 1. The fourth-order valence-electron chi connectivity index (χ4n) is 4.64. The molecule has 2 aliphatic heterocycles. The van der Waals surface area contributed by atoms with Crippen molar-refractivity contribution in [3.8, 4) is 0 Å². The number of allylic oxidation sites excluding steroid dienone is 2. The molecule has 0 spiro atoms. The molecule has 162 valence electrons. The Morgan fingerprint density at radius 3 is 2.53 bits per heavy atom. The largest absolute Gasteiger partial charge is 0.311 e. The third kappa shape index (κ3) is 4.49. The van der Waals surface area contributed by atoms with Crippen LogP contribution in [-0.4, -0.2) is 40.7 Å². The van der Waals surface area contributed by atoms with Crippen LogP contribution in [0.15, 0.2) is 97.5 Å². The van der Waals surface area contributed by atoms with E-state index in [4.69, 9.17) is 0 Å². The molecule has 0 radical (unpaired) electrons. The van der Waals surface area contributed by atoms with E-state index in [0.29, 0.717) is 6.04 Å². The SMILES string of the molecule is Fc1ccc(C2=CC=CN(N3CCNC(Cc4ccccc4)C3)C2c2ccncc2)cc1. The van der Waals surface area contributed by atoms with Gasteiger partial charge in [-0.2, -0.15) is 0 Å². The molecule has 2 aliphatic rings. The minimum Gasteiger partial charge on any atom is -0.311 e. The van der Waals surface area contributed by atoms with E-state index in [0.717, 1.165) is 42.8 Å². The highest BCUT2D eigenvalue weighted by molar-refractivity contribution is 5.73. The Bertz CT molecular complexity index is 1080. The number of hydrogen-bond acceptors (Lipinski definition) is 4. The third-order valence-electron chi connectivity index (χ3n) is 6.16. The molecule has 2 unspecified atom stereocenters. The first-order valence-electron chi connectivity index (χ1n) is 11.1. The van der Waals surface area contributed by atoms with Crippen molar-refractivity contribution in [2.24, 2.45) is 0 Å². The van der Waals surface area contributed by atoms with Gasteiger partial charge in [0, 0.05) is 44.3 Å². The molecular formula is C27H27FN4. The molecule has 0 saturated carbocycles. The van der Waals surface area contributed by atoms with Crippen molar-refractivity contribution in [1.29, 1.82) is 0 Å². The van der Waals surface area contributed by atoms with E-state index in [-0.39, 0.29) is 11.9 Å². The smallest absolute Gasteiger partial charge is 0.123 e. The Hall–Kier alpha value is -3.28. The lowest BCUT2D eigenvalue weighted by Gasteiger charge is -2.46. The number of rotatable bonds is 5. The third-order valence-corrected chi connectivity index (χ3v) is 6.16. The van der Waals surface area contributed by atoms with E-state index in [1.807, 2.05) is 24.5 Å². The average molecular weight is 427 g/mol.